The van der Waals surface area contributed by atoms with E-state index in [2.05, 4.69) is 42.3 Å². The molecule has 16 nitrogen and oxygen atoms in total. The minimum absolute atomic E-state index is 0.0290. The van der Waals surface area contributed by atoms with Gasteiger partial charge in [0.25, 0.3) is 11.8 Å². The van der Waals surface area contributed by atoms with Crippen LogP contribution in [0.15, 0.2) is 72.4 Å². The molecule has 4 aromatic rings. The number of imide groups is 2. The molecule has 1 atom stereocenters. The third-order valence-corrected chi connectivity index (χ3v) is 13.6. The number of carbonyl (C=O) groups excluding carboxylic acids is 6. The lowest BCUT2D eigenvalue weighted by Gasteiger charge is -2.42. The van der Waals surface area contributed by atoms with Crippen molar-refractivity contribution in [3.63, 3.8) is 0 Å². The van der Waals surface area contributed by atoms with Crippen LogP contribution >= 0.6 is 23.4 Å². The summed E-state index contributed by atoms with van der Waals surface area (Å²) in [5.74, 6) is -1.46. The third-order valence-electron chi connectivity index (χ3n) is 12.2. The molecule has 3 saturated heterocycles. The molecule has 0 radical (unpaired) electrons. The van der Waals surface area contributed by atoms with Crippen LogP contribution in [0, 0.1) is 5.82 Å². The first kappa shape index (κ1) is 45.6. The van der Waals surface area contributed by atoms with E-state index in [1.165, 1.54) is 36.3 Å². The fourth-order valence-corrected chi connectivity index (χ4v) is 9.98. The van der Waals surface area contributed by atoms with Crippen LogP contribution in [0.3, 0.4) is 0 Å². The molecule has 4 aliphatic heterocycles. The number of benzene rings is 3. The van der Waals surface area contributed by atoms with Crippen molar-refractivity contribution in [3.8, 4) is 5.75 Å². The van der Waals surface area contributed by atoms with Crippen molar-refractivity contribution in [1.82, 2.24) is 34.9 Å². The number of aromatic nitrogens is 2. The molecule has 19 heteroatoms. The van der Waals surface area contributed by atoms with E-state index in [0.29, 0.717) is 83.1 Å². The van der Waals surface area contributed by atoms with Gasteiger partial charge in [-0.15, -0.1) is 11.8 Å². The quantitative estimate of drug-likeness (QED) is 0.0543. The SMILES string of the molecule is C=CC(=O)Nc1cc2c(Nc3ccc(F)c(Cl)c3)ncnc2cc1OCCCN1CCC(N2CCN(C(=O)CCCSc3cccc4c3C(=O)N(C3CCC(=O)NC3=O)C4=O)CC2)CC1. The second kappa shape index (κ2) is 20.5. The third kappa shape index (κ3) is 10.5. The van der Waals surface area contributed by atoms with Gasteiger partial charge in [-0.05, 0) is 93.4 Å². The molecule has 0 bridgehead atoms. The van der Waals surface area contributed by atoms with Crippen LogP contribution < -0.4 is 20.7 Å². The van der Waals surface area contributed by atoms with E-state index < -0.39 is 41.4 Å². The molecule has 340 valence electrons. The van der Waals surface area contributed by atoms with Crippen LogP contribution in [-0.4, -0.2) is 135 Å². The molecule has 0 aliphatic carbocycles. The van der Waals surface area contributed by atoms with Gasteiger partial charge < -0.3 is 25.2 Å². The number of nitrogens with one attached hydrogen (secondary N) is 3. The summed E-state index contributed by atoms with van der Waals surface area (Å²) in [5, 5.41) is 8.78. The second-order valence-electron chi connectivity index (χ2n) is 16.3. The highest BCUT2D eigenvalue weighted by Gasteiger charge is 2.45. The van der Waals surface area contributed by atoms with Crippen molar-refractivity contribution in [2.45, 2.75) is 61.9 Å². The zero-order chi connectivity index (χ0) is 45.6. The van der Waals surface area contributed by atoms with E-state index in [9.17, 15) is 33.2 Å². The number of ether oxygens (including phenoxy) is 1. The fraction of sp³-hybridized carbons (Fsp3) is 0.391. The molecule has 3 aromatic carbocycles. The summed E-state index contributed by atoms with van der Waals surface area (Å²) in [6.07, 6.45) is 6.59. The number of piperidine rings is 2. The molecule has 4 aliphatic rings. The number of hydrogen-bond donors (Lipinski definition) is 3. The van der Waals surface area contributed by atoms with Gasteiger partial charge in [0.15, 0.2) is 0 Å². The summed E-state index contributed by atoms with van der Waals surface area (Å²) < 4.78 is 20.0. The molecule has 3 fully saturated rings. The zero-order valence-electron chi connectivity index (χ0n) is 35.7. The van der Waals surface area contributed by atoms with Gasteiger partial charge in [0.2, 0.25) is 23.6 Å². The molecule has 3 N–H and O–H groups in total. The number of likely N-dealkylation sites (tertiary alicyclic amines) is 1. The average molecular weight is 926 g/mol. The van der Waals surface area contributed by atoms with Gasteiger partial charge in [-0.2, -0.15) is 0 Å². The van der Waals surface area contributed by atoms with E-state index in [1.807, 2.05) is 4.90 Å². The average Bonchev–Trinajstić information content (AvgIpc) is 3.56. The highest BCUT2D eigenvalue weighted by atomic mass is 35.5. The Labute approximate surface area is 384 Å². The predicted octanol–water partition coefficient (Wildman–Crippen LogP) is 5.64. The summed E-state index contributed by atoms with van der Waals surface area (Å²) in [6, 6.07) is 12.3. The van der Waals surface area contributed by atoms with Gasteiger partial charge in [-0.1, -0.05) is 24.2 Å². The number of anilines is 3. The van der Waals surface area contributed by atoms with E-state index >= 15 is 0 Å². The van der Waals surface area contributed by atoms with Crippen molar-refractivity contribution >= 4 is 86.9 Å². The van der Waals surface area contributed by atoms with E-state index in [0.717, 1.165) is 56.9 Å². The topological polar surface area (TPSA) is 186 Å². The summed E-state index contributed by atoms with van der Waals surface area (Å²) in [7, 11) is 0. The molecule has 5 heterocycles. The number of carbonyl (C=O) groups is 6. The monoisotopic (exact) mass is 925 g/mol. The smallest absolute Gasteiger partial charge is 0.263 e. The number of halogens is 2. The Hall–Kier alpha value is -5.95. The van der Waals surface area contributed by atoms with Gasteiger partial charge in [0, 0.05) is 73.6 Å². The Bertz CT molecular complexity index is 2530. The number of rotatable bonds is 16. The lowest BCUT2D eigenvalue weighted by atomic mass is 10.0. The highest BCUT2D eigenvalue weighted by Crippen LogP contribution is 2.36. The zero-order valence-corrected chi connectivity index (χ0v) is 37.2. The normalized spacial score (nSPS) is 18.5. The fourth-order valence-electron chi connectivity index (χ4n) is 8.78. The summed E-state index contributed by atoms with van der Waals surface area (Å²) in [5.41, 5.74) is 2.08. The Morgan fingerprint density at radius 1 is 0.969 bits per heavy atom. The molecule has 1 aromatic heterocycles. The van der Waals surface area contributed by atoms with Gasteiger partial charge in [0.05, 0.1) is 34.0 Å². The molecule has 1 unspecified atom stereocenters. The van der Waals surface area contributed by atoms with Crippen molar-refractivity contribution in [1.29, 1.82) is 0 Å². The maximum Gasteiger partial charge on any atom is 0.263 e. The molecule has 0 spiro atoms. The maximum atomic E-state index is 13.8. The lowest BCUT2D eigenvalue weighted by Crippen LogP contribution is -2.54. The molecule has 65 heavy (non-hydrogen) atoms. The van der Waals surface area contributed by atoms with Gasteiger partial charge in [-0.25, -0.2) is 14.4 Å². The second-order valence-corrected chi connectivity index (χ2v) is 17.8. The van der Waals surface area contributed by atoms with Crippen LogP contribution in [0.1, 0.15) is 65.7 Å². The first-order valence-corrected chi connectivity index (χ1v) is 23.1. The summed E-state index contributed by atoms with van der Waals surface area (Å²) >= 11 is 7.40. The van der Waals surface area contributed by atoms with Crippen LogP contribution in [-0.2, 0) is 19.2 Å². The number of fused-ring (bicyclic) bond motifs is 2. The predicted molar refractivity (Wildman–Crippen MR) is 244 cm³/mol. The number of piperazine rings is 1. The molecule has 8 rings (SSSR count). The Morgan fingerprint density at radius 3 is 2.52 bits per heavy atom. The minimum atomic E-state index is -1.02. The van der Waals surface area contributed by atoms with Crippen LogP contribution in [0.4, 0.5) is 21.6 Å². The Kier molecular flexibility index (Phi) is 14.4. The first-order valence-electron chi connectivity index (χ1n) is 21.8. The number of nitrogens with zero attached hydrogens (tertiary/aromatic N) is 6. The van der Waals surface area contributed by atoms with E-state index in [-0.39, 0.29) is 34.9 Å². The molecule has 0 saturated carbocycles. The van der Waals surface area contributed by atoms with Crippen LogP contribution in [0.25, 0.3) is 10.9 Å². The van der Waals surface area contributed by atoms with Crippen molar-refractivity contribution < 1.29 is 37.9 Å². The Morgan fingerprint density at radius 2 is 1.77 bits per heavy atom. The van der Waals surface area contributed by atoms with Crippen molar-refractivity contribution in [2.75, 3.05) is 68.8 Å². The molecule has 6 amide bonds. The number of thioether (sulfide) groups is 1. The van der Waals surface area contributed by atoms with Crippen LogP contribution in [0.5, 0.6) is 5.75 Å². The highest BCUT2D eigenvalue weighted by molar-refractivity contribution is 7.99. The summed E-state index contributed by atoms with van der Waals surface area (Å²) in [6.45, 7) is 9.78. The first-order chi connectivity index (χ1) is 31.5. The number of hydrogen-bond acceptors (Lipinski definition) is 13. The summed E-state index contributed by atoms with van der Waals surface area (Å²) in [4.78, 5) is 93.5. The van der Waals surface area contributed by atoms with Crippen molar-refractivity contribution in [2.24, 2.45) is 0 Å². The van der Waals surface area contributed by atoms with Gasteiger partial charge in [0.1, 0.15) is 29.8 Å². The molecular weight excluding hydrogens is 877 g/mol. The number of amides is 6. The lowest BCUT2D eigenvalue weighted by molar-refractivity contribution is -0.136. The van der Waals surface area contributed by atoms with Crippen LogP contribution in [0.2, 0.25) is 5.02 Å². The maximum absolute atomic E-state index is 13.8. The minimum Gasteiger partial charge on any atom is -0.491 e. The van der Waals surface area contributed by atoms with Gasteiger partial charge in [-0.3, -0.25) is 43.9 Å². The van der Waals surface area contributed by atoms with E-state index in [4.69, 9.17) is 16.3 Å². The largest absolute Gasteiger partial charge is 0.491 e. The molecular formula is C46H49ClFN9O7S. The standard InChI is InChI=1S/C46H49ClFN9O7S/c1-2-39(58)52-35-25-31-34(49-27-50-43(31)51-28-9-10-33(48)32(47)24-28)26-37(35)64-22-5-15-54-16-13-29(14-17-54)55-18-20-56(21-19-55)41(60)8-4-23-65-38-7-3-6-30-42(38)46(63)57(45(30)62)36-11-12-40(59)53-44(36)61/h2-3,6-7,9-10,24-27,29,36H,1,4-5,8,11-23H2,(H,52,58)(H,49,50,51)(H,53,59,61). The van der Waals surface area contributed by atoms with Gasteiger partial charge >= 0.3 is 0 Å². The van der Waals surface area contributed by atoms with Crippen molar-refractivity contribution in [3.05, 3.63) is 89.5 Å². The van der Waals surface area contributed by atoms with E-state index in [1.54, 1.807) is 36.4 Å². The Balaban J connectivity index is 0.749.